The summed E-state index contributed by atoms with van der Waals surface area (Å²) in [4.78, 5) is 12.2. The van der Waals surface area contributed by atoms with Gasteiger partial charge in [0.1, 0.15) is 17.4 Å². The van der Waals surface area contributed by atoms with Gasteiger partial charge in [0.2, 0.25) is 0 Å². The molecule has 6 nitrogen and oxygen atoms in total. The first-order chi connectivity index (χ1) is 11.5. The zero-order valence-electron chi connectivity index (χ0n) is 13.5. The number of methoxy groups -OCH3 is 1. The molecule has 1 amide bonds. The maximum absolute atomic E-state index is 12.2. The summed E-state index contributed by atoms with van der Waals surface area (Å²) < 4.78 is 5.05. The zero-order chi connectivity index (χ0) is 17.5. The van der Waals surface area contributed by atoms with Crippen molar-refractivity contribution in [2.24, 2.45) is 0 Å². The molecule has 0 unspecified atom stereocenters. The number of hydrogen-bond donors (Lipinski definition) is 3. The van der Waals surface area contributed by atoms with E-state index in [1.54, 1.807) is 43.5 Å². The lowest BCUT2D eigenvalue weighted by Crippen LogP contribution is -2.14. The summed E-state index contributed by atoms with van der Waals surface area (Å²) in [5, 5.41) is 14.7. The number of carbonyl (C=O) groups is 1. The predicted molar refractivity (Wildman–Crippen MR) is 94.5 cm³/mol. The SMILES string of the molecule is COc1ccc(NC(=O)/C(C#N)=C\Nc2ccc(C)cc2N)cc1. The summed E-state index contributed by atoms with van der Waals surface area (Å²) in [5.41, 5.74) is 8.59. The Morgan fingerprint density at radius 3 is 2.54 bits per heavy atom. The van der Waals surface area contributed by atoms with Gasteiger partial charge in [-0.1, -0.05) is 6.07 Å². The number of ether oxygens (including phenoxy) is 1. The number of rotatable bonds is 5. The third-order valence-electron chi connectivity index (χ3n) is 3.29. The van der Waals surface area contributed by atoms with Crippen LogP contribution >= 0.6 is 0 Å². The number of hydrogen-bond acceptors (Lipinski definition) is 5. The van der Waals surface area contributed by atoms with Crippen LogP contribution in [0.15, 0.2) is 54.2 Å². The highest BCUT2D eigenvalue weighted by Crippen LogP contribution is 2.20. The molecule has 0 aromatic heterocycles. The van der Waals surface area contributed by atoms with Crippen LogP contribution in [-0.2, 0) is 4.79 Å². The molecule has 0 atom stereocenters. The Balaban J connectivity index is 2.08. The molecule has 0 aliphatic heterocycles. The minimum atomic E-state index is -0.513. The Labute approximate surface area is 140 Å². The molecule has 2 rings (SSSR count). The van der Waals surface area contributed by atoms with E-state index in [0.717, 1.165) is 5.56 Å². The van der Waals surface area contributed by atoms with Gasteiger partial charge >= 0.3 is 0 Å². The van der Waals surface area contributed by atoms with Crippen molar-refractivity contribution in [3.63, 3.8) is 0 Å². The second-order valence-corrected chi connectivity index (χ2v) is 5.09. The minimum absolute atomic E-state index is 0.0641. The smallest absolute Gasteiger partial charge is 0.267 e. The van der Waals surface area contributed by atoms with Crippen molar-refractivity contribution in [2.75, 3.05) is 23.5 Å². The van der Waals surface area contributed by atoms with Gasteiger partial charge < -0.3 is 21.1 Å². The van der Waals surface area contributed by atoms with Gasteiger partial charge in [0.05, 0.1) is 18.5 Å². The summed E-state index contributed by atoms with van der Waals surface area (Å²) in [7, 11) is 1.56. The summed E-state index contributed by atoms with van der Waals surface area (Å²) >= 11 is 0. The zero-order valence-corrected chi connectivity index (χ0v) is 13.5. The van der Waals surface area contributed by atoms with Gasteiger partial charge in [-0.2, -0.15) is 5.26 Å². The Kier molecular flexibility index (Phi) is 5.42. The first kappa shape index (κ1) is 16.9. The van der Waals surface area contributed by atoms with E-state index in [1.165, 1.54) is 6.20 Å². The number of nitrogens with one attached hydrogen (secondary N) is 2. The van der Waals surface area contributed by atoms with E-state index in [4.69, 9.17) is 10.5 Å². The van der Waals surface area contributed by atoms with E-state index in [1.807, 2.05) is 19.1 Å². The molecule has 4 N–H and O–H groups in total. The Hall–Kier alpha value is -3.46. The molecule has 0 heterocycles. The molecule has 0 saturated heterocycles. The lowest BCUT2D eigenvalue weighted by Gasteiger charge is -2.08. The van der Waals surface area contributed by atoms with E-state index < -0.39 is 5.91 Å². The molecule has 24 heavy (non-hydrogen) atoms. The van der Waals surface area contributed by atoms with Crippen LogP contribution in [0, 0.1) is 18.3 Å². The molecule has 0 radical (unpaired) electrons. The second kappa shape index (κ2) is 7.70. The van der Waals surface area contributed by atoms with Crippen LogP contribution in [0.3, 0.4) is 0 Å². The molecule has 6 heteroatoms. The van der Waals surface area contributed by atoms with Gasteiger partial charge in [0, 0.05) is 11.9 Å². The van der Waals surface area contributed by atoms with Gasteiger partial charge in [-0.05, 0) is 48.9 Å². The molecule has 0 fully saturated rings. The summed E-state index contributed by atoms with van der Waals surface area (Å²) in [6.07, 6.45) is 1.33. The number of nitrogens with two attached hydrogens (primary N) is 1. The van der Waals surface area contributed by atoms with E-state index in [0.29, 0.717) is 22.8 Å². The topological polar surface area (TPSA) is 100 Å². The minimum Gasteiger partial charge on any atom is -0.497 e. The Bertz CT molecular complexity index is 805. The fraction of sp³-hybridized carbons (Fsp3) is 0.111. The Morgan fingerprint density at radius 2 is 1.96 bits per heavy atom. The lowest BCUT2D eigenvalue weighted by atomic mass is 10.2. The number of nitrogen functional groups attached to an aromatic ring is 1. The van der Waals surface area contributed by atoms with Gasteiger partial charge in [0.15, 0.2) is 0 Å². The molecular weight excluding hydrogens is 304 g/mol. The number of aryl methyl sites for hydroxylation is 1. The number of anilines is 3. The van der Waals surface area contributed by atoms with Crippen LogP contribution in [0.4, 0.5) is 17.1 Å². The fourth-order valence-corrected chi connectivity index (χ4v) is 1.98. The number of amides is 1. The molecule has 0 saturated carbocycles. The molecule has 0 aliphatic rings. The third kappa shape index (κ3) is 4.27. The fourth-order valence-electron chi connectivity index (χ4n) is 1.98. The van der Waals surface area contributed by atoms with Gasteiger partial charge in [0.25, 0.3) is 5.91 Å². The van der Waals surface area contributed by atoms with Gasteiger partial charge in [-0.25, -0.2) is 0 Å². The van der Waals surface area contributed by atoms with E-state index in [2.05, 4.69) is 10.6 Å². The standard InChI is InChI=1S/C18H18N4O2/c1-12-3-8-17(16(20)9-12)21-11-13(10-19)18(23)22-14-4-6-15(24-2)7-5-14/h3-9,11,21H,20H2,1-2H3,(H,22,23)/b13-11-. The molecule has 2 aromatic rings. The van der Waals surface area contributed by atoms with Crippen molar-refractivity contribution < 1.29 is 9.53 Å². The molecule has 0 spiro atoms. The molecule has 0 bridgehead atoms. The van der Waals surface area contributed by atoms with E-state index in [-0.39, 0.29) is 5.57 Å². The van der Waals surface area contributed by atoms with Crippen LogP contribution in [0.2, 0.25) is 0 Å². The van der Waals surface area contributed by atoms with Crippen LogP contribution in [0.5, 0.6) is 5.75 Å². The quantitative estimate of drug-likeness (QED) is 0.446. The molecular formula is C18H18N4O2. The summed E-state index contributed by atoms with van der Waals surface area (Å²) in [5.74, 6) is 0.168. The van der Waals surface area contributed by atoms with Crippen LogP contribution in [0.25, 0.3) is 0 Å². The number of carbonyl (C=O) groups excluding carboxylic acids is 1. The molecule has 122 valence electrons. The summed E-state index contributed by atoms with van der Waals surface area (Å²) in [6, 6.07) is 14.2. The van der Waals surface area contributed by atoms with E-state index >= 15 is 0 Å². The van der Waals surface area contributed by atoms with Crippen molar-refractivity contribution in [2.45, 2.75) is 6.92 Å². The average Bonchev–Trinajstić information content (AvgIpc) is 2.57. The third-order valence-corrected chi connectivity index (χ3v) is 3.29. The maximum atomic E-state index is 12.2. The van der Waals surface area contributed by atoms with Crippen molar-refractivity contribution in [3.8, 4) is 11.8 Å². The molecule has 2 aromatic carbocycles. The maximum Gasteiger partial charge on any atom is 0.267 e. The normalized spacial score (nSPS) is 10.6. The monoisotopic (exact) mass is 322 g/mol. The van der Waals surface area contributed by atoms with Gasteiger partial charge in [-0.15, -0.1) is 0 Å². The van der Waals surface area contributed by atoms with Crippen molar-refractivity contribution in [1.82, 2.24) is 0 Å². The van der Waals surface area contributed by atoms with Crippen molar-refractivity contribution in [1.29, 1.82) is 5.26 Å². The van der Waals surface area contributed by atoms with Gasteiger partial charge in [-0.3, -0.25) is 4.79 Å². The highest BCUT2D eigenvalue weighted by Gasteiger charge is 2.09. The highest BCUT2D eigenvalue weighted by molar-refractivity contribution is 6.06. The highest BCUT2D eigenvalue weighted by atomic mass is 16.5. The second-order valence-electron chi connectivity index (χ2n) is 5.09. The van der Waals surface area contributed by atoms with Crippen LogP contribution in [0.1, 0.15) is 5.56 Å². The largest absolute Gasteiger partial charge is 0.497 e. The first-order valence-corrected chi connectivity index (χ1v) is 7.22. The number of benzene rings is 2. The van der Waals surface area contributed by atoms with Crippen LogP contribution in [-0.4, -0.2) is 13.0 Å². The number of nitrogens with zero attached hydrogens (tertiary/aromatic N) is 1. The average molecular weight is 322 g/mol. The Morgan fingerprint density at radius 1 is 1.25 bits per heavy atom. The van der Waals surface area contributed by atoms with Crippen molar-refractivity contribution in [3.05, 3.63) is 59.8 Å². The number of nitriles is 1. The first-order valence-electron chi connectivity index (χ1n) is 7.22. The predicted octanol–water partition coefficient (Wildman–Crippen LogP) is 3.04. The van der Waals surface area contributed by atoms with Crippen molar-refractivity contribution >= 4 is 23.0 Å². The summed E-state index contributed by atoms with van der Waals surface area (Å²) in [6.45, 7) is 1.93. The van der Waals surface area contributed by atoms with E-state index in [9.17, 15) is 10.1 Å². The lowest BCUT2D eigenvalue weighted by molar-refractivity contribution is -0.112. The van der Waals surface area contributed by atoms with Crippen LogP contribution < -0.4 is 21.1 Å². The molecule has 0 aliphatic carbocycles.